The van der Waals surface area contributed by atoms with Gasteiger partial charge in [-0.15, -0.1) is 0 Å². The summed E-state index contributed by atoms with van der Waals surface area (Å²) >= 11 is 2.49. The van der Waals surface area contributed by atoms with Crippen LogP contribution in [0.5, 0.6) is 0 Å². The van der Waals surface area contributed by atoms with Gasteiger partial charge in [0.15, 0.2) is 0 Å². The van der Waals surface area contributed by atoms with Gasteiger partial charge >= 0.3 is 30.1 Å². The largest absolute Gasteiger partial charge is 0.457 e. The van der Waals surface area contributed by atoms with Gasteiger partial charge in [-0.05, 0) is 48.5 Å². The summed E-state index contributed by atoms with van der Waals surface area (Å²) in [5, 5.41) is 9.03. The molecule has 1 unspecified atom stereocenters. The standard InChI is InChI=1S/C27H14BrF12N3O2/c1-42(21(44)15-5-2-4-14(10-15)13-41)18-7-3-6-16(11-18)22(45)43(28)20-9-8-17(12-19(20)24(30,31)32)23(29,26(35,36)37)25(33,34)27(38,39)40/h2-12H,1H3. The maximum absolute atomic E-state index is 14.9. The van der Waals surface area contributed by atoms with Gasteiger partial charge in [0.1, 0.15) is 0 Å². The van der Waals surface area contributed by atoms with Gasteiger partial charge < -0.3 is 4.90 Å². The van der Waals surface area contributed by atoms with Crippen LogP contribution in [0.25, 0.3) is 0 Å². The third kappa shape index (κ3) is 6.44. The number of anilines is 2. The van der Waals surface area contributed by atoms with Crippen molar-refractivity contribution in [3.8, 4) is 6.07 Å². The summed E-state index contributed by atoms with van der Waals surface area (Å²) in [6, 6.07) is 10.4. The molecule has 0 radical (unpaired) electrons. The number of halogens is 13. The van der Waals surface area contributed by atoms with Gasteiger partial charge in [-0.3, -0.25) is 9.59 Å². The molecule has 0 aliphatic carbocycles. The van der Waals surface area contributed by atoms with Crippen molar-refractivity contribution in [1.29, 1.82) is 5.26 Å². The van der Waals surface area contributed by atoms with Crippen LogP contribution in [0.15, 0.2) is 66.7 Å². The van der Waals surface area contributed by atoms with Crippen LogP contribution in [0.4, 0.5) is 64.1 Å². The van der Waals surface area contributed by atoms with Gasteiger partial charge in [0.25, 0.3) is 11.8 Å². The van der Waals surface area contributed by atoms with E-state index in [9.17, 15) is 62.3 Å². The van der Waals surface area contributed by atoms with E-state index in [0.717, 1.165) is 17.0 Å². The summed E-state index contributed by atoms with van der Waals surface area (Å²) < 4.78 is 163. The first-order valence-corrected chi connectivity index (χ1v) is 12.5. The Balaban J connectivity index is 2.08. The summed E-state index contributed by atoms with van der Waals surface area (Å²) in [4.78, 5) is 27.0. The molecule has 0 saturated heterocycles. The number of benzene rings is 3. The molecule has 1 atom stereocenters. The van der Waals surface area contributed by atoms with E-state index in [2.05, 4.69) is 16.1 Å². The minimum Gasteiger partial charge on any atom is -0.311 e. The molecule has 0 aliphatic heterocycles. The lowest BCUT2D eigenvalue weighted by Gasteiger charge is -2.36. The minimum atomic E-state index is -7.23. The van der Waals surface area contributed by atoms with Crippen molar-refractivity contribution < 1.29 is 62.3 Å². The normalized spacial score (nSPS) is 13.9. The molecule has 0 saturated carbocycles. The van der Waals surface area contributed by atoms with Gasteiger partial charge in [-0.25, -0.2) is 8.32 Å². The zero-order valence-corrected chi connectivity index (χ0v) is 23.5. The number of rotatable bonds is 6. The first-order valence-electron chi connectivity index (χ1n) is 11.8. The number of carbonyl (C=O) groups is 2. The highest BCUT2D eigenvalue weighted by Gasteiger charge is 2.81. The van der Waals surface area contributed by atoms with Gasteiger partial charge in [0.05, 0.1) is 39.0 Å². The number of amides is 2. The number of alkyl halides is 12. The van der Waals surface area contributed by atoms with Crippen LogP contribution < -0.4 is 8.83 Å². The fraction of sp³-hybridized carbons (Fsp3) is 0.222. The van der Waals surface area contributed by atoms with E-state index in [1.54, 1.807) is 0 Å². The second-order valence-electron chi connectivity index (χ2n) is 9.15. The molecule has 0 fully saturated rings. The Morgan fingerprint density at radius 2 is 1.29 bits per heavy atom. The zero-order valence-electron chi connectivity index (χ0n) is 21.9. The fourth-order valence-electron chi connectivity index (χ4n) is 3.97. The molecule has 18 heteroatoms. The van der Waals surface area contributed by atoms with E-state index in [4.69, 9.17) is 5.26 Å². The SMILES string of the molecule is CN(C(=O)c1cccc(C#N)c1)c1cccc(C(=O)N(Br)c2ccc(C(F)(C(F)(F)F)C(F)(F)C(F)(F)F)cc2C(F)(F)F)c1. The van der Waals surface area contributed by atoms with Crippen LogP contribution in [-0.2, 0) is 11.8 Å². The average Bonchev–Trinajstić information content (AvgIpc) is 2.97. The van der Waals surface area contributed by atoms with Crippen LogP contribution in [0.3, 0.4) is 0 Å². The van der Waals surface area contributed by atoms with E-state index in [1.807, 2.05) is 6.07 Å². The number of nitrogens with zero attached hydrogens (tertiary/aromatic N) is 3. The average molecular weight is 720 g/mol. The molecule has 0 bridgehead atoms. The van der Waals surface area contributed by atoms with E-state index in [-0.39, 0.29) is 26.8 Å². The molecule has 0 heterocycles. The van der Waals surface area contributed by atoms with Crippen LogP contribution in [0.1, 0.15) is 37.4 Å². The van der Waals surface area contributed by atoms with E-state index in [1.165, 1.54) is 43.4 Å². The molecular weight excluding hydrogens is 706 g/mol. The molecule has 0 aliphatic rings. The van der Waals surface area contributed by atoms with E-state index in [0.29, 0.717) is 0 Å². The van der Waals surface area contributed by atoms with Crippen LogP contribution in [0.2, 0.25) is 0 Å². The van der Waals surface area contributed by atoms with Crippen LogP contribution in [0, 0.1) is 11.3 Å². The highest BCUT2D eigenvalue weighted by molar-refractivity contribution is 9.10. The Kier molecular flexibility index (Phi) is 9.32. The first-order chi connectivity index (χ1) is 20.5. The summed E-state index contributed by atoms with van der Waals surface area (Å²) in [5.74, 6) is -9.30. The second-order valence-corrected chi connectivity index (χ2v) is 9.86. The Bertz CT molecular complexity index is 1660. The van der Waals surface area contributed by atoms with Crippen molar-refractivity contribution in [3.63, 3.8) is 0 Å². The van der Waals surface area contributed by atoms with Gasteiger partial charge in [-0.1, -0.05) is 18.2 Å². The molecule has 5 nitrogen and oxygen atoms in total. The number of hydrogen-bond donors (Lipinski definition) is 0. The minimum absolute atomic E-state index is 0.00628. The zero-order chi connectivity index (χ0) is 34.3. The maximum atomic E-state index is 14.9. The Morgan fingerprint density at radius 3 is 1.80 bits per heavy atom. The predicted molar refractivity (Wildman–Crippen MR) is 137 cm³/mol. The lowest BCUT2D eigenvalue weighted by atomic mass is 9.86. The quantitative estimate of drug-likeness (QED) is 0.189. The summed E-state index contributed by atoms with van der Waals surface area (Å²) in [6.45, 7) is 0. The molecule has 0 N–H and O–H groups in total. The first kappa shape index (κ1) is 35.2. The molecular formula is C27H14BrF12N3O2. The van der Waals surface area contributed by atoms with E-state index >= 15 is 0 Å². The van der Waals surface area contributed by atoms with Crippen molar-refractivity contribution in [2.75, 3.05) is 15.9 Å². The van der Waals surface area contributed by atoms with Crippen molar-refractivity contribution in [1.82, 2.24) is 0 Å². The lowest BCUT2D eigenvalue weighted by molar-refractivity contribution is -0.389. The third-order valence-corrected chi connectivity index (χ3v) is 7.00. The molecule has 0 aromatic heterocycles. The number of hydrogen-bond acceptors (Lipinski definition) is 3. The van der Waals surface area contributed by atoms with Gasteiger partial charge in [0, 0.05) is 29.4 Å². The third-order valence-electron chi connectivity index (χ3n) is 6.29. The molecule has 240 valence electrons. The second kappa shape index (κ2) is 11.9. The highest BCUT2D eigenvalue weighted by atomic mass is 79.9. The smallest absolute Gasteiger partial charge is 0.311 e. The fourth-order valence-corrected chi connectivity index (χ4v) is 4.48. The Hall–Kier alpha value is -4.27. The summed E-state index contributed by atoms with van der Waals surface area (Å²) in [5.41, 5.74) is -13.5. The Morgan fingerprint density at radius 1 is 0.733 bits per heavy atom. The van der Waals surface area contributed by atoms with Crippen molar-refractivity contribution in [2.24, 2.45) is 0 Å². The predicted octanol–water partition coefficient (Wildman–Crippen LogP) is 8.74. The molecule has 3 aromatic rings. The Labute approximate surface area is 253 Å². The number of nitriles is 1. The van der Waals surface area contributed by atoms with Gasteiger partial charge in [0.2, 0.25) is 0 Å². The number of carbonyl (C=O) groups excluding carboxylic acids is 2. The lowest BCUT2D eigenvalue weighted by Crippen LogP contribution is -2.59. The molecule has 0 spiro atoms. The molecule has 45 heavy (non-hydrogen) atoms. The summed E-state index contributed by atoms with van der Waals surface area (Å²) in [7, 11) is 1.25. The van der Waals surface area contributed by atoms with Gasteiger partial charge in [-0.2, -0.15) is 53.6 Å². The topological polar surface area (TPSA) is 64.4 Å². The molecule has 3 aromatic carbocycles. The molecule has 3 rings (SSSR count). The monoisotopic (exact) mass is 719 g/mol. The van der Waals surface area contributed by atoms with Crippen molar-refractivity contribution >= 4 is 39.3 Å². The maximum Gasteiger partial charge on any atom is 0.457 e. The molecule has 2 amide bonds. The van der Waals surface area contributed by atoms with Crippen LogP contribution in [-0.4, -0.2) is 37.1 Å². The summed E-state index contributed by atoms with van der Waals surface area (Å²) in [6.07, 6.45) is -20.0. The van der Waals surface area contributed by atoms with E-state index < -0.39 is 76.4 Å². The highest BCUT2D eigenvalue weighted by Crippen LogP contribution is 2.59. The van der Waals surface area contributed by atoms with Crippen LogP contribution >= 0.6 is 16.1 Å². The van der Waals surface area contributed by atoms with Crippen molar-refractivity contribution in [3.05, 3.63) is 94.5 Å². The van der Waals surface area contributed by atoms with Crippen molar-refractivity contribution in [2.45, 2.75) is 30.1 Å².